The molecule has 0 fully saturated rings. The fourth-order valence-electron chi connectivity index (χ4n) is 4.65. The maximum atomic E-state index is 9.19. The largest absolute Gasteiger partial charge is 0.238 e. The average Bonchev–Trinajstić information content (AvgIpc) is 2.82. The van der Waals surface area contributed by atoms with Gasteiger partial charge in [-0.2, -0.15) is 5.26 Å². The van der Waals surface area contributed by atoms with Gasteiger partial charge in [-0.25, -0.2) is 4.85 Å². The molecular formula is C28H14N2. The van der Waals surface area contributed by atoms with Gasteiger partial charge in [0.15, 0.2) is 5.69 Å². The highest BCUT2D eigenvalue weighted by atomic mass is 14.6. The standard InChI is InChI=1S/C28H14N2/c1-30-20-5-9-22-19(15-20)4-8-26-24(22)11-13-27-25-7-3-18-14-17(16-29)2-6-21(18)23(25)10-12-28(26)27/h2-15H. The maximum absolute atomic E-state index is 9.19. The molecule has 0 aliphatic carbocycles. The quantitative estimate of drug-likeness (QED) is 0.195. The van der Waals surface area contributed by atoms with Crippen LogP contribution in [0.4, 0.5) is 5.69 Å². The Balaban J connectivity index is 1.71. The van der Waals surface area contributed by atoms with E-state index >= 15 is 0 Å². The first-order valence-corrected chi connectivity index (χ1v) is 9.79. The molecule has 0 aliphatic rings. The van der Waals surface area contributed by atoms with E-state index in [1.807, 2.05) is 30.3 Å². The smallest absolute Gasteiger partial charge is 0.187 e. The Kier molecular flexibility index (Phi) is 3.33. The highest BCUT2D eigenvalue weighted by Gasteiger charge is 2.09. The van der Waals surface area contributed by atoms with E-state index < -0.39 is 0 Å². The lowest BCUT2D eigenvalue weighted by molar-refractivity contribution is 1.50. The molecule has 136 valence electrons. The van der Waals surface area contributed by atoms with E-state index in [9.17, 15) is 5.26 Å². The van der Waals surface area contributed by atoms with Crippen LogP contribution in [0.3, 0.4) is 0 Å². The van der Waals surface area contributed by atoms with Crippen LogP contribution in [0.2, 0.25) is 0 Å². The van der Waals surface area contributed by atoms with Crippen molar-refractivity contribution in [1.29, 1.82) is 5.26 Å². The van der Waals surface area contributed by atoms with E-state index in [0.29, 0.717) is 11.3 Å². The van der Waals surface area contributed by atoms with Crippen molar-refractivity contribution in [1.82, 2.24) is 0 Å². The van der Waals surface area contributed by atoms with E-state index in [-0.39, 0.29) is 0 Å². The lowest BCUT2D eigenvalue weighted by Crippen LogP contribution is -1.84. The molecule has 2 nitrogen and oxygen atoms in total. The third-order valence-corrected chi connectivity index (χ3v) is 6.07. The number of nitrogens with zero attached hydrogens (tertiary/aromatic N) is 2. The van der Waals surface area contributed by atoms with Gasteiger partial charge in [0.2, 0.25) is 0 Å². The molecule has 0 N–H and O–H groups in total. The molecule has 0 bridgehead atoms. The van der Waals surface area contributed by atoms with Crippen LogP contribution in [0, 0.1) is 17.9 Å². The molecule has 0 heterocycles. The average molecular weight is 378 g/mol. The summed E-state index contributed by atoms with van der Waals surface area (Å²) >= 11 is 0. The molecule has 0 amide bonds. The third-order valence-electron chi connectivity index (χ3n) is 6.07. The number of benzene rings is 6. The minimum atomic E-state index is 0.667. The summed E-state index contributed by atoms with van der Waals surface area (Å²) < 4.78 is 0. The van der Waals surface area contributed by atoms with Gasteiger partial charge in [-0.3, -0.25) is 0 Å². The number of fused-ring (bicyclic) bond motifs is 9. The van der Waals surface area contributed by atoms with Crippen molar-refractivity contribution in [2.75, 3.05) is 0 Å². The summed E-state index contributed by atoms with van der Waals surface area (Å²) in [7, 11) is 0. The second kappa shape index (κ2) is 6.05. The predicted octanol–water partition coefficient (Wildman–Crippen LogP) is 7.88. The molecule has 0 atom stereocenters. The van der Waals surface area contributed by atoms with Gasteiger partial charge in [-0.15, -0.1) is 0 Å². The first-order valence-electron chi connectivity index (χ1n) is 9.79. The van der Waals surface area contributed by atoms with Crippen molar-refractivity contribution in [3.05, 3.63) is 102 Å². The Labute approximate surface area is 173 Å². The fraction of sp³-hybridized carbons (Fsp3) is 0. The summed E-state index contributed by atoms with van der Waals surface area (Å²) in [6.45, 7) is 7.26. The van der Waals surface area contributed by atoms with E-state index in [1.54, 1.807) is 0 Å². The van der Waals surface area contributed by atoms with Crippen LogP contribution in [0.5, 0.6) is 0 Å². The van der Waals surface area contributed by atoms with Crippen molar-refractivity contribution >= 4 is 59.5 Å². The minimum Gasteiger partial charge on any atom is -0.238 e. The van der Waals surface area contributed by atoms with Crippen LogP contribution < -0.4 is 0 Å². The molecular weight excluding hydrogens is 364 g/mol. The van der Waals surface area contributed by atoms with Crippen LogP contribution in [-0.2, 0) is 0 Å². The Morgan fingerprint density at radius 3 is 1.50 bits per heavy atom. The Morgan fingerprint density at radius 2 is 0.967 bits per heavy atom. The Hall–Kier alpha value is -4.40. The second-order valence-corrected chi connectivity index (χ2v) is 7.61. The van der Waals surface area contributed by atoms with Crippen LogP contribution in [0.15, 0.2) is 84.9 Å². The molecule has 30 heavy (non-hydrogen) atoms. The monoisotopic (exact) mass is 378 g/mol. The van der Waals surface area contributed by atoms with Crippen LogP contribution >= 0.6 is 0 Å². The predicted molar refractivity (Wildman–Crippen MR) is 125 cm³/mol. The third kappa shape index (κ3) is 2.23. The van der Waals surface area contributed by atoms with Gasteiger partial charge in [0.05, 0.1) is 18.2 Å². The Bertz CT molecular complexity index is 1630. The SMILES string of the molecule is [C-]#[N+]c1ccc2c(ccc3c2ccc2c4ccc5cc(C#N)ccc5c4ccc32)c1. The van der Waals surface area contributed by atoms with Crippen LogP contribution in [0.1, 0.15) is 5.56 Å². The Morgan fingerprint density at radius 1 is 0.533 bits per heavy atom. The zero-order valence-electron chi connectivity index (χ0n) is 16.0. The molecule has 0 saturated carbocycles. The summed E-state index contributed by atoms with van der Waals surface area (Å²) in [5.74, 6) is 0. The van der Waals surface area contributed by atoms with Crippen molar-refractivity contribution < 1.29 is 0 Å². The number of hydrogen-bond acceptors (Lipinski definition) is 1. The lowest BCUT2D eigenvalue weighted by Gasteiger charge is -2.11. The van der Waals surface area contributed by atoms with E-state index in [4.69, 9.17) is 6.57 Å². The normalized spacial score (nSPS) is 11.3. The van der Waals surface area contributed by atoms with Crippen molar-refractivity contribution in [3.63, 3.8) is 0 Å². The first-order chi connectivity index (χ1) is 14.8. The molecule has 0 radical (unpaired) electrons. The van der Waals surface area contributed by atoms with Crippen LogP contribution in [0.25, 0.3) is 58.7 Å². The van der Waals surface area contributed by atoms with Gasteiger partial charge in [0, 0.05) is 0 Å². The number of rotatable bonds is 0. The summed E-state index contributed by atoms with van der Waals surface area (Å²) in [4.78, 5) is 3.55. The summed E-state index contributed by atoms with van der Waals surface area (Å²) in [5.41, 5.74) is 1.35. The van der Waals surface area contributed by atoms with E-state index in [2.05, 4.69) is 65.5 Å². The summed E-state index contributed by atoms with van der Waals surface area (Å²) in [6, 6.07) is 31.3. The van der Waals surface area contributed by atoms with Gasteiger partial charge in [0.1, 0.15) is 0 Å². The maximum Gasteiger partial charge on any atom is 0.187 e. The van der Waals surface area contributed by atoms with Gasteiger partial charge in [-0.1, -0.05) is 66.7 Å². The summed E-state index contributed by atoms with van der Waals surface area (Å²) in [5, 5.41) is 21.0. The molecule has 6 aromatic carbocycles. The van der Waals surface area contributed by atoms with Gasteiger partial charge < -0.3 is 0 Å². The molecule has 0 unspecified atom stereocenters. The molecule has 0 saturated heterocycles. The van der Waals surface area contributed by atoms with Gasteiger partial charge in [0.25, 0.3) is 0 Å². The lowest BCUT2D eigenvalue weighted by atomic mass is 9.92. The highest BCUT2D eigenvalue weighted by Crippen LogP contribution is 2.37. The number of nitriles is 1. The molecule has 0 spiro atoms. The highest BCUT2D eigenvalue weighted by molar-refractivity contribution is 6.25. The van der Waals surface area contributed by atoms with E-state index in [1.165, 1.54) is 43.1 Å². The molecule has 0 aromatic heterocycles. The first kappa shape index (κ1) is 16.5. The second-order valence-electron chi connectivity index (χ2n) is 7.61. The van der Waals surface area contributed by atoms with Crippen molar-refractivity contribution in [2.45, 2.75) is 0 Å². The van der Waals surface area contributed by atoms with Gasteiger partial charge in [-0.05, 0) is 72.1 Å². The molecule has 6 aromatic rings. The summed E-state index contributed by atoms with van der Waals surface area (Å²) in [6.07, 6.45) is 0. The van der Waals surface area contributed by atoms with Gasteiger partial charge >= 0.3 is 0 Å². The van der Waals surface area contributed by atoms with Crippen molar-refractivity contribution in [2.24, 2.45) is 0 Å². The molecule has 6 rings (SSSR count). The molecule has 0 aliphatic heterocycles. The topological polar surface area (TPSA) is 28.1 Å². The zero-order chi connectivity index (χ0) is 20.2. The van der Waals surface area contributed by atoms with Crippen LogP contribution in [-0.4, -0.2) is 0 Å². The van der Waals surface area contributed by atoms with Crippen molar-refractivity contribution in [3.8, 4) is 6.07 Å². The zero-order valence-corrected chi connectivity index (χ0v) is 16.0. The fourth-order valence-corrected chi connectivity index (χ4v) is 4.65. The molecule has 2 heteroatoms. The van der Waals surface area contributed by atoms with E-state index in [0.717, 1.165) is 10.8 Å². The minimum absolute atomic E-state index is 0.667. The number of hydrogen-bond donors (Lipinski definition) is 0.